The number of nitrogens with zero attached hydrogens (tertiary/aromatic N) is 2. The summed E-state index contributed by atoms with van der Waals surface area (Å²) in [5.41, 5.74) is 0.702. The Labute approximate surface area is 108 Å². The van der Waals surface area contributed by atoms with Crippen LogP contribution < -0.4 is 14.8 Å². The number of ether oxygens (including phenoxy) is 2. The summed E-state index contributed by atoms with van der Waals surface area (Å²) in [6.45, 7) is 2.42. The minimum atomic E-state index is -0.266. The third-order valence-corrected chi connectivity index (χ3v) is 2.50. The number of hydrogen-bond donors (Lipinski definition) is 1. The Morgan fingerprint density at radius 2 is 2.00 bits per heavy atom. The number of anilines is 1. The minimum Gasteiger partial charge on any atom is -0.486 e. The predicted molar refractivity (Wildman–Crippen MR) is 65.0 cm³/mol. The first-order valence-electron chi connectivity index (χ1n) is 5.73. The van der Waals surface area contributed by atoms with Gasteiger partial charge in [-0.2, -0.15) is 0 Å². The lowest BCUT2D eigenvalue weighted by molar-refractivity contribution is -0.114. The summed E-state index contributed by atoms with van der Waals surface area (Å²) in [4.78, 5) is 10.9. The monoisotopic (exact) mass is 261 g/mol. The summed E-state index contributed by atoms with van der Waals surface area (Å²) in [6.07, 6.45) is 0. The largest absolute Gasteiger partial charge is 0.486 e. The van der Waals surface area contributed by atoms with E-state index in [9.17, 15) is 4.79 Å². The molecule has 0 fully saturated rings. The van der Waals surface area contributed by atoms with Crippen molar-refractivity contribution >= 4 is 11.9 Å². The Hall–Kier alpha value is -2.57. The van der Waals surface area contributed by atoms with Gasteiger partial charge in [-0.1, -0.05) is 5.10 Å². The van der Waals surface area contributed by atoms with Crippen LogP contribution in [-0.2, 0) is 4.79 Å². The lowest BCUT2D eigenvalue weighted by atomic mass is 10.2. The van der Waals surface area contributed by atoms with Crippen LogP contribution in [0.5, 0.6) is 11.5 Å². The van der Waals surface area contributed by atoms with Gasteiger partial charge in [0, 0.05) is 12.5 Å². The van der Waals surface area contributed by atoms with E-state index in [1.165, 1.54) is 6.92 Å². The van der Waals surface area contributed by atoms with Crippen molar-refractivity contribution in [2.24, 2.45) is 0 Å². The van der Waals surface area contributed by atoms with Crippen LogP contribution in [-0.4, -0.2) is 29.3 Å². The number of fused-ring (bicyclic) bond motifs is 1. The second-order valence-electron chi connectivity index (χ2n) is 3.95. The van der Waals surface area contributed by atoms with Crippen molar-refractivity contribution in [3.63, 3.8) is 0 Å². The molecule has 2 heterocycles. The van der Waals surface area contributed by atoms with Crippen LogP contribution in [0.4, 0.5) is 6.01 Å². The molecule has 1 N–H and O–H groups in total. The molecule has 3 rings (SSSR count). The highest BCUT2D eigenvalue weighted by atomic mass is 16.6. The highest BCUT2D eigenvalue weighted by Crippen LogP contribution is 2.34. The molecular formula is C12H11N3O4. The van der Waals surface area contributed by atoms with Gasteiger partial charge in [-0.3, -0.25) is 10.1 Å². The Kier molecular flexibility index (Phi) is 2.79. The van der Waals surface area contributed by atoms with Crippen molar-refractivity contribution in [3.05, 3.63) is 18.2 Å². The van der Waals surface area contributed by atoms with Crippen molar-refractivity contribution in [3.8, 4) is 23.0 Å². The predicted octanol–water partition coefficient (Wildman–Crippen LogP) is 1.47. The number of benzene rings is 1. The molecule has 0 aliphatic carbocycles. The molecule has 2 aromatic rings. The molecule has 7 heteroatoms. The maximum atomic E-state index is 10.9. The summed E-state index contributed by atoms with van der Waals surface area (Å²) in [5.74, 6) is 1.37. The Morgan fingerprint density at radius 1 is 1.21 bits per heavy atom. The van der Waals surface area contributed by atoms with E-state index in [2.05, 4.69) is 15.5 Å². The molecule has 0 saturated carbocycles. The zero-order chi connectivity index (χ0) is 13.2. The van der Waals surface area contributed by atoms with E-state index in [0.29, 0.717) is 36.2 Å². The number of nitrogens with one attached hydrogen (secondary N) is 1. The van der Waals surface area contributed by atoms with Crippen molar-refractivity contribution in [1.29, 1.82) is 0 Å². The quantitative estimate of drug-likeness (QED) is 0.880. The van der Waals surface area contributed by atoms with Crippen LogP contribution in [0.1, 0.15) is 6.92 Å². The molecule has 0 bridgehead atoms. The van der Waals surface area contributed by atoms with Crippen molar-refractivity contribution < 1.29 is 18.7 Å². The van der Waals surface area contributed by atoms with Gasteiger partial charge in [0.05, 0.1) is 0 Å². The van der Waals surface area contributed by atoms with Gasteiger partial charge in [-0.15, -0.1) is 5.10 Å². The van der Waals surface area contributed by atoms with Crippen LogP contribution in [0.3, 0.4) is 0 Å². The molecule has 0 unspecified atom stereocenters. The molecule has 1 aliphatic heterocycles. The van der Waals surface area contributed by atoms with Gasteiger partial charge in [0.2, 0.25) is 11.8 Å². The highest BCUT2D eigenvalue weighted by molar-refractivity contribution is 5.86. The topological polar surface area (TPSA) is 86.5 Å². The van der Waals surface area contributed by atoms with Crippen LogP contribution in [0, 0.1) is 0 Å². The van der Waals surface area contributed by atoms with E-state index in [1.807, 2.05) is 0 Å². The van der Waals surface area contributed by atoms with Crippen molar-refractivity contribution in [1.82, 2.24) is 10.2 Å². The van der Waals surface area contributed by atoms with Gasteiger partial charge in [-0.25, -0.2) is 0 Å². The number of hydrogen-bond acceptors (Lipinski definition) is 6. The second kappa shape index (κ2) is 4.60. The van der Waals surface area contributed by atoms with Crippen LogP contribution in [0.2, 0.25) is 0 Å². The lowest BCUT2D eigenvalue weighted by Gasteiger charge is -2.18. The maximum Gasteiger partial charge on any atom is 0.322 e. The molecule has 19 heavy (non-hydrogen) atoms. The fraction of sp³-hybridized carbons (Fsp3) is 0.250. The Bertz CT molecular complexity index is 623. The Balaban J connectivity index is 1.89. The number of carbonyl (C=O) groups excluding carboxylic acids is 1. The summed E-state index contributed by atoms with van der Waals surface area (Å²) in [5, 5.41) is 10.0. The average molecular weight is 261 g/mol. The van der Waals surface area contributed by atoms with Gasteiger partial charge < -0.3 is 13.9 Å². The zero-order valence-electron chi connectivity index (χ0n) is 10.2. The van der Waals surface area contributed by atoms with Gasteiger partial charge in [0.1, 0.15) is 13.2 Å². The summed E-state index contributed by atoms with van der Waals surface area (Å²) in [6, 6.07) is 5.40. The number of rotatable bonds is 2. The normalized spacial score (nSPS) is 13.1. The van der Waals surface area contributed by atoms with E-state index in [-0.39, 0.29) is 11.9 Å². The molecule has 0 saturated heterocycles. The van der Waals surface area contributed by atoms with E-state index in [4.69, 9.17) is 13.9 Å². The van der Waals surface area contributed by atoms with Gasteiger partial charge >= 0.3 is 6.01 Å². The molecular weight excluding hydrogens is 250 g/mol. The van der Waals surface area contributed by atoms with Gasteiger partial charge in [0.25, 0.3) is 0 Å². The van der Waals surface area contributed by atoms with E-state index < -0.39 is 0 Å². The van der Waals surface area contributed by atoms with Crippen LogP contribution in [0.15, 0.2) is 22.6 Å². The smallest absolute Gasteiger partial charge is 0.322 e. The third kappa shape index (κ3) is 2.35. The number of amides is 1. The first kappa shape index (κ1) is 11.5. The fourth-order valence-electron chi connectivity index (χ4n) is 1.72. The van der Waals surface area contributed by atoms with E-state index in [1.54, 1.807) is 18.2 Å². The highest BCUT2D eigenvalue weighted by Gasteiger charge is 2.15. The molecule has 7 nitrogen and oxygen atoms in total. The molecule has 1 aromatic carbocycles. The summed E-state index contributed by atoms with van der Waals surface area (Å²) in [7, 11) is 0. The van der Waals surface area contributed by atoms with Gasteiger partial charge in [-0.05, 0) is 18.2 Å². The fourth-order valence-corrected chi connectivity index (χ4v) is 1.72. The second-order valence-corrected chi connectivity index (χ2v) is 3.95. The summed E-state index contributed by atoms with van der Waals surface area (Å²) >= 11 is 0. The van der Waals surface area contributed by atoms with Crippen LogP contribution >= 0.6 is 0 Å². The molecule has 0 radical (unpaired) electrons. The molecule has 1 aliphatic rings. The molecule has 1 amide bonds. The zero-order valence-corrected chi connectivity index (χ0v) is 10.2. The third-order valence-electron chi connectivity index (χ3n) is 2.50. The van der Waals surface area contributed by atoms with Crippen molar-refractivity contribution in [2.75, 3.05) is 18.5 Å². The minimum absolute atomic E-state index is 0.0670. The number of carbonyl (C=O) groups is 1. The molecule has 98 valence electrons. The standard InChI is InChI=1S/C12H11N3O4/c1-7(16)13-12-15-14-11(19-12)8-2-3-9-10(6-8)18-5-4-17-9/h2-3,6H,4-5H2,1H3,(H,13,15,16). The first-order chi connectivity index (χ1) is 9.22. The SMILES string of the molecule is CC(=O)Nc1nnc(-c2ccc3c(c2)OCCO3)o1. The molecule has 0 atom stereocenters. The van der Waals surface area contributed by atoms with Crippen LogP contribution in [0.25, 0.3) is 11.5 Å². The van der Waals surface area contributed by atoms with Crippen molar-refractivity contribution in [2.45, 2.75) is 6.92 Å². The Morgan fingerprint density at radius 3 is 2.79 bits per heavy atom. The maximum absolute atomic E-state index is 10.9. The molecule has 0 spiro atoms. The number of aromatic nitrogens is 2. The van der Waals surface area contributed by atoms with Gasteiger partial charge in [0.15, 0.2) is 11.5 Å². The average Bonchev–Trinajstić information content (AvgIpc) is 2.86. The first-order valence-corrected chi connectivity index (χ1v) is 5.73. The lowest BCUT2D eigenvalue weighted by Crippen LogP contribution is -2.15. The van der Waals surface area contributed by atoms with E-state index in [0.717, 1.165) is 0 Å². The molecule has 1 aromatic heterocycles. The van der Waals surface area contributed by atoms with E-state index >= 15 is 0 Å². The summed E-state index contributed by atoms with van der Waals surface area (Å²) < 4.78 is 16.2.